The summed E-state index contributed by atoms with van der Waals surface area (Å²) in [4.78, 5) is 0. The molecule has 20 heavy (non-hydrogen) atoms. The predicted octanol–water partition coefficient (Wildman–Crippen LogP) is 2.08. The quantitative estimate of drug-likeness (QED) is 0.909. The number of rotatable bonds is 2. The maximum atomic E-state index is 11.8. The summed E-state index contributed by atoms with van der Waals surface area (Å²) in [7, 11) is -3.14. The van der Waals surface area contributed by atoms with Crippen LogP contribution in [0.15, 0.2) is 12.1 Å². The number of fused-ring (bicyclic) bond motifs is 1. The first-order valence-electron chi connectivity index (χ1n) is 6.95. The van der Waals surface area contributed by atoms with E-state index in [1.54, 1.807) is 4.31 Å². The number of benzene rings is 1. The first kappa shape index (κ1) is 14.3. The molecular formula is C14H19ClN2O2S. The average molecular weight is 315 g/mol. The van der Waals surface area contributed by atoms with E-state index in [4.69, 9.17) is 11.6 Å². The molecule has 0 aliphatic carbocycles. The molecule has 2 heterocycles. The van der Waals surface area contributed by atoms with Gasteiger partial charge in [0.1, 0.15) is 0 Å². The lowest BCUT2D eigenvalue weighted by Crippen LogP contribution is -2.36. The molecule has 2 aliphatic rings. The number of halogens is 1. The van der Waals surface area contributed by atoms with Gasteiger partial charge in [0.2, 0.25) is 10.0 Å². The molecule has 0 unspecified atom stereocenters. The number of nitrogens with one attached hydrogen (secondary N) is 1. The highest BCUT2D eigenvalue weighted by Crippen LogP contribution is 2.34. The zero-order chi connectivity index (χ0) is 14.3. The molecule has 1 aromatic carbocycles. The van der Waals surface area contributed by atoms with Gasteiger partial charge in [0.25, 0.3) is 0 Å². The van der Waals surface area contributed by atoms with Gasteiger partial charge in [-0.1, -0.05) is 11.6 Å². The van der Waals surface area contributed by atoms with E-state index in [1.165, 1.54) is 17.4 Å². The summed E-state index contributed by atoms with van der Waals surface area (Å²) in [5.41, 5.74) is 3.52. The molecule has 0 aromatic heterocycles. The van der Waals surface area contributed by atoms with Crippen molar-refractivity contribution in [1.82, 2.24) is 9.62 Å². The van der Waals surface area contributed by atoms with Crippen LogP contribution < -0.4 is 5.32 Å². The average Bonchev–Trinajstić information content (AvgIpc) is 2.89. The van der Waals surface area contributed by atoms with E-state index >= 15 is 0 Å². The molecule has 0 bridgehead atoms. The Morgan fingerprint density at radius 1 is 1.40 bits per heavy atom. The lowest BCUT2D eigenvalue weighted by molar-refractivity contribution is 0.391. The van der Waals surface area contributed by atoms with Crippen LogP contribution in [0.2, 0.25) is 5.02 Å². The Balaban J connectivity index is 2.02. The lowest BCUT2D eigenvalue weighted by atomic mass is 9.91. The van der Waals surface area contributed by atoms with Crippen molar-refractivity contribution in [2.75, 3.05) is 19.3 Å². The summed E-state index contributed by atoms with van der Waals surface area (Å²) in [5.74, 6) is 0. The Morgan fingerprint density at radius 2 is 2.20 bits per heavy atom. The highest BCUT2D eigenvalue weighted by atomic mass is 35.5. The van der Waals surface area contributed by atoms with Gasteiger partial charge in [-0.15, -0.1) is 0 Å². The van der Waals surface area contributed by atoms with Crippen LogP contribution in [0.25, 0.3) is 0 Å². The van der Waals surface area contributed by atoms with E-state index in [9.17, 15) is 8.42 Å². The molecule has 1 atom stereocenters. The van der Waals surface area contributed by atoms with Crippen molar-refractivity contribution in [2.24, 2.45) is 0 Å². The summed E-state index contributed by atoms with van der Waals surface area (Å²) < 4.78 is 25.1. The van der Waals surface area contributed by atoms with Crippen molar-refractivity contribution in [3.8, 4) is 0 Å². The van der Waals surface area contributed by atoms with Crippen LogP contribution in [0.5, 0.6) is 0 Å². The molecule has 110 valence electrons. The Hall–Kier alpha value is -0.620. The number of sulfonamides is 1. The summed E-state index contributed by atoms with van der Waals surface area (Å²) in [6.07, 6.45) is 4.26. The highest BCUT2D eigenvalue weighted by Gasteiger charge is 2.28. The Morgan fingerprint density at radius 3 is 2.85 bits per heavy atom. The third-order valence-corrected chi connectivity index (χ3v) is 5.68. The van der Waals surface area contributed by atoms with E-state index in [-0.39, 0.29) is 0 Å². The van der Waals surface area contributed by atoms with E-state index in [1.807, 2.05) is 12.1 Å². The van der Waals surface area contributed by atoms with E-state index in [2.05, 4.69) is 5.32 Å². The summed E-state index contributed by atoms with van der Waals surface area (Å²) in [6, 6.07) is 4.28. The monoisotopic (exact) mass is 314 g/mol. The van der Waals surface area contributed by atoms with Gasteiger partial charge >= 0.3 is 0 Å². The smallest absolute Gasteiger partial charge is 0.211 e. The Bertz CT molecular complexity index is 624. The third kappa shape index (κ3) is 2.72. The molecule has 1 fully saturated rings. The Labute approximate surface area is 125 Å². The van der Waals surface area contributed by atoms with Gasteiger partial charge < -0.3 is 5.32 Å². The summed E-state index contributed by atoms with van der Waals surface area (Å²) >= 11 is 6.23. The molecule has 6 heteroatoms. The van der Waals surface area contributed by atoms with Gasteiger partial charge in [-0.2, -0.15) is 4.31 Å². The topological polar surface area (TPSA) is 49.4 Å². The van der Waals surface area contributed by atoms with E-state index < -0.39 is 10.0 Å². The third-order valence-electron chi connectivity index (χ3n) is 4.21. The number of hydrogen-bond donors (Lipinski definition) is 1. The summed E-state index contributed by atoms with van der Waals surface area (Å²) in [6.45, 7) is 2.03. The van der Waals surface area contributed by atoms with Crippen LogP contribution in [0.3, 0.4) is 0 Å². The van der Waals surface area contributed by atoms with E-state index in [0.29, 0.717) is 19.1 Å². The zero-order valence-electron chi connectivity index (χ0n) is 11.5. The SMILES string of the molecule is CS(=O)(=O)N1CCc2cc(Cl)cc([C@@H]3CCCN3)c2C1. The van der Waals surface area contributed by atoms with Gasteiger partial charge in [0.15, 0.2) is 0 Å². The summed E-state index contributed by atoms with van der Waals surface area (Å²) in [5, 5.41) is 4.23. The van der Waals surface area contributed by atoms with Gasteiger partial charge in [-0.3, -0.25) is 0 Å². The van der Waals surface area contributed by atoms with Crippen LogP contribution in [-0.2, 0) is 23.0 Å². The first-order chi connectivity index (χ1) is 9.45. The lowest BCUT2D eigenvalue weighted by Gasteiger charge is -2.30. The van der Waals surface area contributed by atoms with Gasteiger partial charge in [0, 0.05) is 24.2 Å². The zero-order valence-corrected chi connectivity index (χ0v) is 13.1. The van der Waals surface area contributed by atoms with Crippen molar-refractivity contribution in [3.05, 3.63) is 33.8 Å². The Kier molecular flexibility index (Phi) is 3.79. The molecule has 0 amide bonds. The number of hydrogen-bond acceptors (Lipinski definition) is 3. The van der Waals surface area contributed by atoms with Crippen molar-refractivity contribution in [2.45, 2.75) is 31.8 Å². The molecule has 0 radical (unpaired) electrons. The van der Waals surface area contributed by atoms with Gasteiger partial charge in [0.05, 0.1) is 6.26 Å². The fourth-order valence-electron chi connectivity index (χ4n) is 3.18. The maximum Gasteiger partial charge on any atom is 0.211 e. The minimum absolute atomic E-state index is 0.307. The molecule has 4 nitrogen and oxygen atoms in total. The highest BCUT2D eigenvalue weighted by molar-refractivity contribution is 7.88. The van der Waals surface area contributed by atoms with Crippen LogP contribution in [0.4, 0.5) is 0 Å². The van der Waals surface area contributed by atoms with Crippen molar-refractivity contribution >= 4 is 21.6 Å². The standard InChI is InChI=1S/C14H19ClN2O2S/c1-20(18,19)17-6-4-10-7-11(15)8-12(13(10)9-17)14-3-2-5-16-14/h7-8,14,16H,2-6,9H2,1H3/t14-/m0/s1. The maximum absolute atomic E-state index is 11.8. The first-order valence-corrected chi connectivity index (χ1v) is 9.17. The van der Waals surface area contributed by atoms with E-state index in [0.717, 1.165) is 36.4 Å². The van der Waals surface area contributed by atoms with Crippen molar-refractivity contribution in [3.63, 3.8) is 0 Å². The molecule has 0 spiro atoms. The molecule has 1 aromatic rings. The largest absolute Gasteiger partial charge is 0.310 e. The second-order valence-corrected chi connectivity index (χ2v) is 8.05. The normalized spacial score (nSPS) is 23.8. The minimum atomic E-state index is -3.14. The van der Waals surface area contributed by atoms with Crippen LogP contribution in [0, 0.1) is 0 Å². The van der Waals surface area contributed by atoms with Gasteiger partial charge in [-0.25, -0.2) is 8.42 Å². The fraction of sp³-hybridized carbons (Fsp3) is 0.571. The predicted molar refractivity (Wildman–Crippen MR) is 80.4 cm³/mol. The molecular weight excluding hydrogens is 296 g/mol. The fourth-order valence-corrected chi connectivity index (χ4v) is 4.21. The van der Waals surface area contributed by atoms with Crippen LogP contribution >= 0.6 is 11.6 Å². The van der Waals surface area contributed by atoms with Crippen LogP contribution in [0.1, 0.15) is 35.6 Å². The molecule has 0 saturated carbocycles. The molecule has 1 saturated heterocycles. The second kappa shape index (κ2) is 5.30. The van der Waals surface area contributed by atoms with Crippen molar-refractivity contribution in [1.29, 1.82) is 0 Å². The van der Waals surface area contributed by atoms with Crippen molar-refractivity contribution < 1.29 is 8.42 Å². The molecule has 1 N–H and O–H groups in total. The number of nitrogens with zero attached hydrogens (tertiary/aromatic N) is 1. The minimum Gasteiger partial charge on any atom is -0.310 e. The molecule has 2 aliphatic heterocycles. The van der Waals surface area contributed by atoms with Crippen LogP contribution in [-0.4, -0.2) is 32.1 Å². The van der Waals surface area contributed by atoms with Gasteiger partial charge in [-0.05, 0) is 54.6 Å². The second-order valence-electron chi connectivity index (χ2n) is 5.63. The molecule has 3 rings (SSSR count).